The summed E-state index contributed by atoms with van der Waals surface area (Å²) in [6.45, 7) is 9.87. The lowest BCUT2D eigenvalue weighted by Gasteiger charge is -2.40. The van der Waals surface area contributed by atoms with Crippen LogP contribution in [0.4, 0.5) is 0 Å². The van der Waals surface area contributed by atoms with E-state index in [1.165, 1.54) is 32.1 Å². The van der Waals surface area contributed by atoms with Gasteiger partial charge in [-0.2, -0.15) is 4.31 Å². The van der Waals surface area contributed by atoms with Gasteiger partial charge in [-0.05, 0) is 45.4 Å². The van der Waals surface area contributed by atoms with Gasteiger partial charge in [-0.3, -0.25) is 9.69 Å². The topological polar surface area (TPSA) is 65.9 Å². The Balaban J connectivity index is 1.57. The van der Waals surface area contributed by atoms with Crippen molar-refractivity contribution < 1.29 is 13.2 Å². The van der Waals surface area contributed by atoms with E-state index in [-0.39, 0.29) is 10.8 Å². The zero-order valence-corrected chi connectivity index (χ0v) is 21.1. The van der Waals surface area contributed by atoms with Gasteiger partial charge in [0.15, 0.2) is 0 Å². The number of amides is 1. The third-order valence-corrected chi connectivity index (χ3v) is 10.2. The molecule has 1 saturated carbocycles. The third-order valence-electron chi connectivity index (χ3n) is 8.17. The highest BCUT2D eigenvalue weighted by atomic mass is 32.2. The predicted molar refractivity (Wildman–Crippen MR) is 126 cm³/mol. The number of aromatic nitrogens is 1. The lowest BCUT2D eigenvalue weighted by molar-refractivity contribution is 0.0692. The van der Waals surface area contributed by atoms with E-state index in [2.05, 4.69) is 11.8 Å². The Hall–Kier alpha value is -1.38. The summed E-state index contributed by atoms with van der Waals surface area (Å²) in [4.78, 5) is 18.1. The van der Waals surface area contributed by atoms with E-state index in [0.717, 1.165) is 31.6 Å². The first-order chi connectivity index (χ1) is 15.2. The summed E-state index contributed by atoms with van der Waals surface area (Å²) in [5.74, 6) is 0.485. The number of sulfonamides is 1. The molecule has 1 amide bonds. The van der Waals surface area contributed by atoms with E-state index in [4.69, 9.17) is 0 Å². The van der Waals surface area contributed by atoms with Crippen molar-refractivity contribution >= 4 is 15.9 Å². The van der Waals surface area contributed by atoms with Crippen LogP contribution in [0.1, 0.15) is 73.6 Å². The number of piperidine rings is 1. The van der Waals surface area contributed by atoms with Crippen molar-refractivity contribution in [3.05, 3.63) is 17.0 Å². The molecule has 180 valence electrons. The highest BCUT2D eigenvalue weighted by Crippen LogP contribution is 2.32. The molecule has 8 heteroatoms. The van der Waals surface area contributed by atoms with Crippen molar-refractivity contribution in [2.75, 3.05) is 39.3 Å². The molecule has 32 heavy (non-hydrogen) atoms. The van der Waals surface area contributed by atoms with Gasteiger partial charge in [0.1, 0.15) is 4.90 Å². The molecule has 2 saturated heterocycles. The van der Waals surface area contributed by atoms with Gasteiger partial charge in [-0.1, -0.05) is 26.2 Å². The molecule has 4 rings (SSSR count). The Morgan fingerprint density at radius 3 is 2.03 bits per heavy atom. The molecule has 0 unspecified atom stereocenters. The van der Waals surface area contributed by atoms with Gasteiger partial charge < -0.3 is 9.47 Å². The molecule has 0 radical (unpaired) electrons. The van der Waals surface area contributed by atoms with Crippen LogP contribution >= 0.6 is 0 Å². The number of rotatable bonds is 4. The zero-order valence-electron chi connectivity index (χ0n) is 20.3. The van der Waals surface area contributed by atoms with Crippen molar-refractivity contribution in [2.24, 2.45) is 13.0 Å². The minimum atomic E-state index is -3.74. The molecule has 2 aliphatic heterocycles. The molecule has 0 bridgehead atoms. The van der Waals surface area contributed by atoms with Crippen LogP contribution in [0.15, 0.2) is 4.90 Å². The van der Waals surface area contributed by atoms with E-state index in [0.29, 0.717) is 49.4 Å². The van der Waals surface area contributed by atoms with Gasteiger partial charge in [0.05, 0.1) is 5.56 Å². The standard InChI is InChI=1S/C24H40N4O3S/c1-18-10-12-27(13-11-18)24(29)22-19(2)25(4)20(3)23(22)32(30,31)28-16-14-26(15-17-28)21-8-6-5-7-9-21/h18,21H,5-17H2,1-4H3. The number of nitrogens with zero attached hydrogens (tertiary/aromatic N) is 4. The second kappa shape index (κ2) is 9.47. The molecule has 3 fully saturated rings. The fourth-order valence-corrected chi connectivity index (χ4v) is 7.64. The molecule has 7 nitrogen and oxygen atoms in total. The fourth-order valence-electron chi connectivity index (χ4n) is 5.74. The smallest absolute Gasteiger partial charge is 0.257 e. The number of carbonyl (C=O) groups excluding carboxylic acids is 1. The average Bonchev–Trinajstić information content (AvgIpc) is 3.04. The highest BCUT2D eigenvalue weighted by molar-refractivity contribution is 7.89. The molecule has 0 N–H and O–H groups in total. The first-order valence-electron chi connectivity index (χ1n) is 12.4. The van der Waals surface area contributed by atoms with Gasteiger partial charge >= 0.3 is 0 Å². The van der Waals surface area contributed by atoms with Crippen molar-refractivity contribution in [1.82, 2.24) is 18.7 Å². The Morgan fingerprint density at radius 1 is 0.844 bits per heavy atom. The SMILES string of the molecule is Cc1c(C(=O)N2CCC(C)CC2)c(S(=O)(=O)N2CCN(C3CCCCC3)CC2)c(C)n1C. The Morgan fingerprint density at radius 2 is 1.44 bits per heavy atom. The van der Waals surface area contributed by atoms with Crippen LogP contribution in [-0.4, -0.2) is 78.3 Å². The lowest BCUT2D eigenvalue weighted by atomic mass is 9.94. The summed E-state index contributed by atoms with van der Waals surface area (Å²) in [6.07, 6.45) is 8.31. The maximum atomic E-state index is 13.8. The summed E-state index contributed by atoms with van der Waals surface area (Å²) in [7, 11) is -1.87. The maximum absolute atomic E-state index is 13.8. The van der Waals surface area contributed by atoms with E-state index in [1.54, 1.807) is 4.31 Å². The first-order valence-corrected chi connectivity index (χ1v) is 13.8. The summed E-state index contributed by atoms with van der Waals surface area (Å²) >= 11 is 0. The minimum absolute atomic E-state index is 0.127. The molecule has 3 aliphatic rings. The van der Waals surface area contributed by atoms with Gasteiger partial charge in [0, 0.05) is 63.7 Å². The van der Waals surface area contributed by atoms with Crippen LogP contribution in [0.5, 0.6) is 0 Å². The van der Waals surface area contributed by atoms with Crippen LogP contribution in [0.3, 0.4) is 0 Å². The van der Waals surface area contributed by atoms with Gasteiger partial charge in [-0.25, -0.2) is 8.42 Å². The maximum Gasteiger partial charge on any atom is 0.257 e. The molecule has 0 aromatic carbocycles. The molecule has 1 aromatic rings. The minimum Gasteiger partial charge on any atom is -0.350 e. The molecular weight excluding hydrogens is 424 g/mol. The summed E-state index contributed by atoms with van der Waals surface area (Å²) < 4.78 is 31.2. The second-order valence-corrected chi connectivity index (χ2v) is 12.0. The normalized spacial score (nSPS) is 23.1. The van der Waals surface area contributed by atoms with Gasteiger partial charge in [0.2, 0.25) is 10.0 Å². The molecule has 0 atom stereocenters. The van der Waals surface area contributed by atoms with Gasteiger partial charge in [0.25, 0.3) is 5.91 Å². The number of likely N-dealkylation sites (tertiary alicyclic amines) is 1. The molecular formula is C24H40N4O3S. The van der Waals surface area contributed by atoms with Crippen LogP contribution < -0.4 is 0 Å². The molecule has 1 aromatic heterocycles. The monoisotopic (exact) mass is 464 g/mol. The fraction of sp³-hybridized carbons (Fsp3) is 0.792. The van der Waals surface area contributed by atoms with Crippen molar-refractivity contribution in [2.45, 2.75) is 76.7 Å². The van der Waals surface area contributed by atoms with Crippen molar-refractivity contribution in [1.29, 1.82) is 0 Å². The van der Waals surface area contributed by atoms with Crippen LogP contribution in [0.25, 0.3) is 0 Å². The first kappa shape index (κ1) is 23.8. The summed E-state index contributed by atoms with van der Waals surface area (Å²) in [6, 6.07) is 0.605. The number of carbonyl (C=O) groups is 1. The van der Waals surface area contributed by atoms with Crippen LogP contribution in [0.2, 0.25) is 0 Å². The second-order valence-electron chi connectivity index (χ2n) is 10.1. The average molecular weight is 465 g/mol. The van der Waals surface area contributed by atoms with Crippen molar-refractivity contribution in [3.63, 3.8) is 0 Å². The molecule has 1 aliphatic carbocycles. The Labute approximate surface area is 193 Å². The number of hydrogen-bond acceptors (Lipinski definition) is 4. The predicted octanol–water partition coefficient (Wildman–Crippen LogP) is 3.15. The van der Waals surface area contributed by atoms with Crippen molar-refractivity contribution in [3.8, 4) is 0 Å². The Bertz CT molecular complexity index is 933. The van der Waals surface area contributed by atoms with Crippen LogP contribution in [-0.2, 0) is 17.1 Å². The molecule has 3 heterocycles. The summed E-state index contributed by atoms with van der Waals surface area (Å²) in [5.41, 5.74) is 1.78. The number of hydrogen-bond donors (Lipinski definition) is 0. The van der Waals surface area contributed by atoms with E-state index in [1.807, 2.05) is 30.4 Å². The highest BCUT2D eigenvalue weighted by Gasteiger charge is 2.38. The van der Waals surface area contributed by atoms with Gasteiger partial charge in [-0.15, -0.1) is 0 Å². The van der Waals surface area contributed by atoms with E-state index in [9.17, 15) is 13.2 Å². The molecule has 0 spiro atoms. The van der Waals surface area contributed by atoms with E-state index < -0.39 is 10.0 Å². The Kier molecular flexibility index (Phi) is 7.03. The quantitative estimate of drug-likeness (QED) is 0.687. The summed E-state index contributed by atoms with van der Waals surface area (Å²) in [5, 5.41) is 0. The van der Waals surface area contributed by atoms with E-state index >= 15 is 0 Å². The lowest BCUT2D eigenvalue weighted by Crippen LogP contribution is -2.52. The number of piperazine rings is 1. The zero-order chi connectivity index (χ0) is 23.0. The largest absolute Gasteiger partial charge is 0.350 e. The third kappa shape index (κ3) is 4.38. The van der Waals surface area contributed by atoms with Crippen LogP contribution in [0, 0.1) is 19.8 Å².